The van der Waals surface area contributed by atoms with Crippen LogP contribution in [0.3, 0.4) is 0 Å². The Morgan fingerprint density at radius 3 is 2.71 bits per heavy atom. The molecule has 6 nitrogen and oxygen atoms in total. The molecular formula is C17H19ClO6. The number of ether oxygens (including phenoxy) is 2. The predicted octanol–water partition coefficient (Wildman–Crippen LogP) is 2.30. The van der Waals surface area contributed by atoms with Crippen LogP contribution in [-0.2, 0) is 23.9 Å². The van der Waals surface area contributed by atoms with E-state index in [0.717, 1.165) is 0 Å². The van der Waals surface area contributed by atoms with Crippen LogP contribution >= 0.6 is 11.6 Å². The fourth-order valence-corrected chi connectivity index (χ4v) is 2.82. The molecule has 130 valence electrons. The van der Waals surface area contributed by atoms with E-state index in [1.165, 1.54) is 19.3 Å². The highest BCUT2D eigenvalue weighted by atomic mass is 35.5. The number of carbonyl (C=O) groups excluding carboxylic acids is 3. The Labute approximate surface area is 144 Å². The van der Waals surface area contributed by atoms with Gasteiger partial charge in [-0.15, -0.1) is 0 Å². The summed E-state index contributed by atoms with van der Waals surface area (Å²) in [4.78, 5) is 37.0. The number of rotatable bonds is 6. The van der Waals surface area contributed by atoms with Crippen molar-refractivity contribution in [3.8, 4) is 0 Å². The number of hydrogen-bond donors (Lipinski definition) is 1. The maximum absolute atomic E-state index is 12.7. The fraction of sp³-hybridized carbons (Fsp3) is 0.471. The van der Waals surface area contributed by atoms with Crippen molar-refractivity contribution in [2.24, 2.45) is 0 Å². The Hall–Kier alpha value is -1.92. The van der Waals surface area contributed by atoms with E-state index in [1.54, 1.807) is 6.92 Å². The lowest BCUT2D eigenvalue weighted by atomic mass is 9.80. The first kappa shape index (κ1) is 18.4. The minimum absolute atomic E-state index is 0.00658. The Morgan fingerprint density at radius 1 is 1.38 bits per heavy atom. The number of allylic oxidation sites excluding steroid dienone is 3. The molecule has 1 N–H and O–H groups in total. The van der Waals surface area contributed by atoms with E-state index in [2.05, 4.69) is 0 Å². The number of hydrogen-bond acceptors (Lipinski definition) is 6. The van der Waals surface area contributed by atoms with Crippen LogP contribution in [0.15, 0.2) is 34.3 Å². The van der Waals surface area contributed by atoms with Crippen LogP contribution in [0, 0.1) is 0 Å². The smallest absolute Gasteiger partial charge is 0.307 e. The Bertz CT molecular complexity index is 673. The molecule has 0 amide bonds. The van der Waals surface area contributed by atoms with Gasteiger partial charge in [-0.1, -0.05) is 18.5 Å². The van der Waals surface area contributed by atoms with Gasteiger partial charge in [-0.25, -0.2) is 0 Å². The molecule has 0 aromatic carbocycles. The molecule has 0 aromatic rings. The van der Waals surface area contributed by atoms with E-state index < -0.39 is 23.1 Å². The summed E-state index contributed by atoms with van der Waals surface area (Å²) in [7, 11) is 0. The topological polar surface area (TPSA) is 89.9 Å². The van der Waals surface area contributed by atoms with Crippen molar-refractivity contribution >= 4 is 29.1 Å². The van der Waals surface area contributed by atoms with E-state index in [-0.39, 0.29) is 29.2 Å². The molecule has 0 unspecified atom stereocenters. The van der Waals surface area contributed by atoms with Gasteiger partial charge in [0.2, 0.25) is 17.2 Å². The van der Waals surface area contributed by atoms with E-state index >= 15 is 0 Å². The van der Waals surface area contributed by atoms with Crippen molar-refractivity contribution in [3.63, 3.8) is 0 Å². The summed E-state index contributed by atoms with van der Waals surface area (Å²) in [5, 5.41) is 8.70. The highest BCUT2D eigenvalue weighted by Crippen LogP contribution is 2.39. The molecule has 0 aromatic heterocycles. The average molecular weight is 355 g/mol. The van der Waals surface area contributed by atoms with Crippen LogP contribution in [-0.4, -0.2) is 34.9 Å². The van der Waals surface area contributed by atoms with Gasteiger partial charge in [-0.2, -0.15) is 0 Å². The highest BCUT2D eigenvalue weighted by molar-refractivity contribution is 6.49. The zero-order chi connectivity index (χ0) is 17.9. The highest BCUT2D eigenvalue weighted by Gasteiger charge is 2.52. The summed E-state index contributed by atoms with van der Waals surface area (Å²) in [6, 6.07) is 0. The number of carbonyl (C=O) groups is 3. The van der Waals surface area contributed by atoms with Crippen molar-refractivity contribution in [1.82, 2.24) is 0 Å². The summed E-state index contributed by atoms with van der Waals surface area (Å²) in [6.07, 6.45) is 4.29. The molecule has 1 atom stereocenters. The van der Waals surface area contributed by atoms with Gasteiger partial charge in [-0.05, 0) is 25.8 Å². The summed E-state index contributed by atoms with van der Waals surface area (Å²) < 4.78 is 10.5. The van der Waals surface area contributed by atoms with E-state index in [9.17, 15) is 14.4 Å². The summed E-state index contributed by atoms with van der Waals surface area (Å²) >= 11 is 6.15. The largest absolute Gasteiger partial charge is 0.469 e. The lowest BCUT2D eigenvalue weighted by Crippen LogP contribution is -2.51. The van der Waals surface area contributed by atoms with Crippen molar-refractivity contribution in [2.75, 3.05) is 6.61 Å². The first-order valence-electron chi connectivity index (χ1n) is 7.75. The number of ketones is 2. The van der Waals surface area contributed by atoms with Gasteiger partial charge in [0, 0.05) is 25.0 Å². The minimum atomic E-state index is -1.97. The molecule has 1 heterocycles. The van der Waals surface area contributed by atoms with Gasteiger partial charge in [-0.3, -0.25) is 14.4 Å². The SMILES string of the molecule is CCCC(=O)O[C@@]1(C)C(=O)C2=COC(CCCO)=CC2=C(Cl)C1=O. The van der Waals surface area contributed by atoms with Crippen LogP contribution in [0.2, 0.25) is 0 Å². The van der Waals surface area contributed by atoms with Crippen LogP contribution in [0.5, 0.6) is 0 Å². The second-order valence-electron chi connectivity index (χ2n) is 5.73. The first-order chi connectivity index (χ1) is 11.3. The molecule has 0 radical (unpaired) electrons. The lowest BCUT2D eigenvalue weighted by Gasteiger charge is -2.33. The number of aliphatic hydroxyl groups excluding tert-OH is 1. The maximum atomic E-state index is 12.7. The number of Topliss-reactive ketones (excluding diaryl/α,β-unsaturated/α-hetero) is 2. The molecule has 7 heteroatoms. The first-order valence-corrected chi connectivity index (χ1v) is 8.12. The Balaban J connectivity index is 2.37. The molecule has 0 saturated carbocycles. The third-order valence-electron chi connectivity index (χ3n) is 3.82. The van der Waals surface area contributed by atoms with Gasteiger partial charge >= 0.3 is 5.97 Å². The molecule has 2 aliphatic rings. The van der Waals surface area contributed by atoms with Crippen molar-refractivity contribution in [1.29, 1.82) is 0 Å². The number of aliphatic hydroxyl groups is 1. The maximum Gasteiger partial charge on any atom is 0.307 e. The van der Waals surface area contributed by atoms with E-state index in [0.29, 0.717) is 25.0 Å². The Kier molecular flexibility index (Phi) is 5.62. The van der Waals surface area contributed by atoms with Crippen molar-refractivity contribution < 1.29 is 29.0 Å². The van der Waals surface area contributed by atoms with Crippen LogP contribution in [0.4, 0.5) is 0 Å². The second-order valence-corrected chi connectivity index (χ2v) is 6.11. The molecule has 24 heavy (non-hydrogen) atoms. The normalized spacial score (nSPS) is 23.3. The lowest BCUT2D eigenvalue weighted by molar-refractivity contribution is -0.169. The minimum Gasteiger partial charge on any atom is -0.469 e. The molecule has 0 saturated heterocycles. The zero-order valence-corrected chi connectivity index (χ0v) is 14.3. The van der Waals surface area contributed by atoms with Crippen LogP contribution in [0.1, 0.15) is 39.5 Å². The third kappa shape index (κ3) is 3.30. The van der Waals surface area contributed by atoms with Crippen LogP contribution < -0.4 is 0 Å². The number of fused-ring (bicyclic) bond motifs is 1. The van der Waals surface area contributed by atoms with Crippen LogP contribution in [0.25, 0.3) is 0 Å². The monoisotopic (exact) mass is 354 g/mol. The molecular weight excluding hydrogens is 336 g/mol. The summed E-state index contributed by atoms with van der Waals surface area (Å²) in [5.74, 6) is -1.54. The van der Waals surface area contributed by atoms with Gasteiger partial charge in [0.1, 0.15) is 12.0 Å². The predicted molar refractivity (Wildman–Crippen MR) is 85.9 cm³/mol. The van der Waals surface area contributed by atoms with E-state index in [4.69, 9.17) is 26.2 Å². The molecule has 0 bridgehead atoms. The summed E-state index contributed by atoms with van der Waals surface area (Å²) in [5.41, 5.74) is -1.62. The fourth-order valence-electron chi connectivity index (χ4n) is 2.48. The number of halogens is 1. The summed E-state index contributed by atoms with van der Waals surface area (Å²) in [6.45, 7) is 3.03. The second kappa shape index (κ2) is 7.32. The zero-order valence-electron chi connectivity index (χ0n) is 13.6. The van der Waals surface area contributed by atoms with Crippen molar-refractivity contribution in [3.05, 3.63) is 34.3 Å². The standard InChI is InChI=1S/C17H19ClO6/c1-3-5-13(20)24-17(2)15(21)12-9-23-10(6-4-7-19)8-11(12)14(18)16(17)22/h8-9,19H,3-7H2,1-2H3/t17-/m0/s1. The molecule has 0 fully saturated rings. The molecule has 2 rings (SSSR count). The van der Waals surface area contributed by atoms with Gasteiger partial charge in [0.25, 0.3) is 0 Å². The van der Waals surface area contributed by atoms with Gasteiger partial charge < -0.3 is 14.6 Å². The van der Waals surface area contributed by atoms with Gasteiger partial charge in [0.15, 0.2) is 0 Å². The molecule has 1 aliphatic heterocycles. The molecule has 1 aliphatic carbocycles. The number of esters is 1. The van der Waals surface area contributed by atoms with Crippen molar-refractivity contribution in [2.45, 2.75) is 45.1 Å². The average Bonchev–Trinajstić information content (AvgIpc) is 2.56. The Morgan fingerprint density at radius 2 is 2.08 bits per heavy atom. The quantitative estimate of drug-likeness (QED) is 0.581. The van der Waals surface area contributed by atoms with Gasteiger partial charge in [0.05, 0.1) is 10.6 Å². The molecule has 0 spiro atoms. The van der Waals surface area contributed by atoms with E-state index in [1.807, 2.05) is 0 Å². The third-order valence-corrected chi connectivity index (χ3v) is 4.20.